The van der Waals surface area contributed by atoms with Crippen LogP contribution in [0.2, 0.25) is 0 Å². The van der Waals surface area contributed by atoms with Crippen molar-refractivity contribution in [1.82, 2.24) is 10.6 Å². The monoisotopic (exact) mass is 261 g/mol. The van der Waals surface area contributed by atoms with Crippen molar-refractivity contribution in [3.63, 3.8) is 0 Å². The molecule has 1 heterocycles. The van der Waals surface area contributed by atoms with E-state index >= 15 is 0 Å². The minimum Gasteiger partial charge on any atom is -0.366 e. The lowest BCUT2D eigenvalue weighted by Crippen LogP contribution is -2.50. The third-order valence-corrected chi connectivity index (χ3v) is 3.06. The third-order valence-electron chi connectivity index (χ3n) is 3.06. The van der Waals surface area contributed by atoms with Crippen molar-refractivity contribution in [3.8, 4) is 0 Å². The molecule has 6 heteroatoms. The highest BCUT2D eigenvalue weighted by Gasteiger charge is 2.26. The molecule has 1 saturated heterocycles. The maximum absolute atomic E-state index is 11.6. The zero-order valence-electron chi connectivity index (χ0n) is 10.3. The Morgan fingerprint density at radius 2 is 2.11 bits per heavy atom. The molecule has 1 aromatic rings. The van der Waals surface area contributed by atoms with Crippen LogP contribution in [0.15, 0.2) is 24.3 Å². The van der Waals surface area contributed by atoms with Gasteiger partial charge in [-0.05, 0) is 18.1 Å². The first-order valence-electron chi connectivity index (χ1n) is 6.02. The number of carbonyl (C=O) groups is 3. The molecule has 2 rings (SSSR count). The Kier molecular flexibility index (Phi) is 3.91. The molecule has 1 fully saturated rings. The number of piperidine rings is 1. The molecule has 0 aliphatic carbocycles. The highest BCUT2D eigenvalue weighted by Crippen LogP contribution is 2.10. The molecule has 0 saturated carbocycles. The predicted octanol–water partition coefficient (Wildman–Crippen LogP) is -0.320. The van der Waals surface area contributed by atoms with Gasteiger partial charge in [0.1, 0.15) is 0 Å². The number of benzene rings is 1. The Morgan fingerprint density at radius 3 is 2.79 bits per heavy atom. The minimum atomic E-state index is -0.499. The van der Waals surface area contributed by atoms with Gasteiger partial charge in [0.25, 0.3) is 0 Å². The van der Waals surface area contributed by atoms with Gasteiger partial charge in [-0.25, -0.2) is 0 Å². The second-order valence-corrected chi connectivity index (χ2v) is 4.41. The van der Waals surface area contributed by atoms with Gasteiger partial charge in [-0.15, -0.1) is 0 Å². The topological polar surface area (TPSA) is 101 Å². The summed E-state index contributed by atoms with van der Waals surface area (Å²) >= 11 is 0. The number of nitrogens with one attached hydrogen (secondary N) is 2. The summed E-state index contributed by atoms with van der Waals surface area (Å²) < 4.78 is 0. The predicted molar refractivity (Wildman–Crippen MR) is 68.0 cm³/mol. The largest absolute Gasteiger partial charge is 0.366 e. The molecule has 19 heavy (non-hydrogen) atoms. The molecule has 6 nitrogen and oxygen atoms in total. The first kappa shape index (κ1) is 13.2. The lowest BCUT2D eigenvalue weighted by Gasteiger charge is -2.22. The van der Waals surface area contributed by atoms with Crippen molar-refractivity contribution in [2.45, 2.75) is 25.4 Å². The van der Waals surface area contributed by atoms with Crippen LogP contribution in [-0.4, -0.2) is 23.8 Å². The molecule has 0 aromatic heterocycles. The molecular formula is C13H15N3O3. The lowest BCUT2D eigenvalue weighted by molar-refractivity contribution is -0.134. The fraction of sp³-hybridized carbons (Fsp3) is 0.308. The number of hydrogen-bond acceptors (Lipinski definition) is 4. The van der Waals surface area contributed by atoms with E-state index in [1.807, 2.05) is 0 Å². The summed E-state index contributed by atoms with van der Waals surface area (Å²) in [7, 11) is 0. The van der Waals surface area contributed by atoms with Crippen LogP contribution in [0.4, 0.5) is 0 Å². The van der Waals surface area contributed by atoms with Crippen LogP contribution < -0.4 is 16.4 Å². The van der Waals surface area contributed by atoms with E-state index in [2.05, 4.69) is 10.6 Å². The Hall–Kier alpha value is -2.21. The van der Waals surface area contributed by atoms with Crippen molar-refractivity contribution < 1.29 is 14.4 Å². The number of carbonyl (C=O) groups excluding carboxylic acids is 3. The van der Waals surface area contributed by atoms with Crippen LogP contribution in [-0.2, 0) is 16.1 Å². The molecule has 1 aromatic carbocycles. The van der Waals surface area contributed by atoms with Crippen LogP contribution in [0.5, 0.6) is 0 Å². The normalized spacial score (nSPS) is 19.1. The molecule has 0 spiro atoms. The summed E-state index contributed by atoms with van der Waals surface area (Å²) in [6.07, 6.45) is 0.782. The molecule has 1 aliphatic rings. The van der Waals surface area contributed by atoms with Gasteiger partial charge in [0, 0.05) is 18.5 Å². The van der Waals surface area contributed by atoms with Crippen molar-refractivity contribution in [2.75, 3.05) is 0 Å². The van der Waals surface area contributed by atoms with Gasteiger partial charge in [-0.3, -0.25) is 19.7 Å². The number of primary amides is 1. The highest BCUT2D eigenvalue weighted by atomic mass is 16.2. The first-order valence-corrected chi connectivity index (χ1v) is 6.02. The molecular weight excluding hydrogens is 246 g/mol. The molecule has 100 valence electrons. The second kappa shape index (κ2) is 5.62. The van der Waals surface area contributed by atoms with Crippen LogP contribution in [0.25, 0.3) is 0 Å². The van der Waals surface area contributed by atoms with Gasteiger partial charge in [0.05, 0.1) is 6.04 Å². The number of rotatable bonds is 4. The van der Waals surface area contributed by atoms with E-state index in [-0.39, 0.29) is 11.8 Å². The quantitative estimate of drug-likeness (QED) is 0.646. The molecule has 4 N–H and O–H groups in total. The molecule has 0 bridgehead atoms. The molecule has 1 aliphatic heterocycles. The first-order chi connectivity index (χ1) is 9.08. The maximum Gasteiger partial charge on any atom is 0.249 e. The van der Waals surface area contributed by atoms with Gasteiger partial charge in [0.15, 0.2) is 0 Å². The van der Waals surface area contributed by atoms with E-state index in [1.54, 1.807) is 24.3 Å². The van der Waals surface area contributed by atoms with E-state index in [1.165, 1.54) is 0 Å². The smallest absolute Gasteiger partial charge is 0.249 e. The van der Waals surface area contributed by atoms with Crippen molar-refractivity contribution >= 4 is 17.7 Å². The lowest BCUT2D eigenvalue weighted by atomic mass is 10.0. The maximum atomic E-state index is 11.6. The number of hydrogen-bond donors (Lipinski definition) is 3. The summed E-state index contributed by atoms with van der Waals surface area (Å²) in [5.41, 5.74) is 6.45. The summed E-state index contributed by atoms with van der Waals surface area (Å²) in [5.74, 6) is -1.07. The fourth-order valence-corrected chi connectivity index (χ4v) is 2.04. The zero-order valence-corrected chi connectivity index (χ0v) is 10.3. The van der Waals surface area contributed by atoms with Crippen molar-refractivity contribution in [2.24, 2.45) is 5.73 Å². The van der Waals surface area contributed by atoms with E-state index < -0.39 is 11.9 Å². The highest BCUT2D eigenvalue weighted by molar-refractivity contribution is 6.00. The number of imide groups is 1. The summed E-state index contributed by atoms with van der Waals surface area (Å²) in [4.78, 5) is 33.8. The van der Waals surface area contributed by atoms with E-state index in [0.717, 1.165) is 5.56 Å². The zero-order chi connectivity index (χ0) is 13.8. The Bertz CT molecular complexity index is 528. The van der Waals surface area contributed by atoms with Gasteiger partial charge in [-0.1, -0.05) is 18.2 Å². The van der Waals surface area contributed by atoms with E-state index in [0.29, 0.717) is 24.9 Å². The summed E-state index contributed by atoms with van der Waals surface area (Å²) in [6, 6.07) is 6.53. The Labute approximate surface area is 110 Å². The molecule has 3 amide bonds. The van der Waals surface area contributed by atoms with E-state index in [4.69, 9.17) is 5.73 Å². The van der Waals surface area contributed by atoms with Crippen LogP contribution in [0.3, 0.4) is 0 Å². The van der Waals surface area contributed by atoms with Gasteiger partial charge < -0.3 is 11.1 Å². The van der Waals surface area contributed by atoms with Gasteiger partial charge >= 0.3 is 0 Å². The van der Waals surface area contributed by atoms with Crippen molar-refractivity contribution in [1.29, 1.82) is 0 Å². The standard InChI is InChI=1S/C13H15N3O3/c14-12(18)9-4-2-1-3-8(9)7-15-10-5-6-11(17)16-13(10)19/h1-4,10,15H,5-7H2,(H2,14,18)(H,16,17,19)/t10-/m0/s1. The van der Waals surface area contributed by atoms with Gasteiger partial charge in [0.2, 0.25) is 17.7 Å². The van der Waals surface area contributed by atoms with Crippen LogP contribution in [0.1, 0.15) is 28.8 Å². The van der Waals surface area contributed by atoms with Crippen molar-refractivity contribution in [3.05, 3.63) is 35.4 Å². The van der Waals surface area contributed by atoms with Crippen LogP contribution >= 0.6 is 0 Å². The van der Waals surface area contributed by atoms with Gasteiger partial charge in [-0.2, -0.15) is 0 Å². The minimum absolute atomic E-state index is 0.249. The molecule has 1 atom stereocenters. The SMILES string of the molecule is NC(=O)c1ccccc1CN[C@H]1CCC(=O)NC1=O. The summed E-state index contributed by atoms with van der Waals surface area (Å²) in [5, 5.41) is 5.30. The third kappa shape index (κ3) is 3.17. The molecule has 0 unspecified atom stereocenters. The average Bonchev–Trinajstić information content (AvgIpc) is 2.38. The number of amides is 3. The molecule has 0 radical (unpaired) electrons. The van der Waals surface area contributed by atoms with Crippen LogP contribution in [0, 0.1) is 0 Å². The summed E-state index contributed by atoms with van der Waals surface area (Å²) in [6.45, 7) is 0.353. The Morgan fingerprint density at radius 1 is 1.37 bits per heavy atom. The number of nitrogens with two attached hydrogens (primary N) is 1. The Balaban J connectivity index is 2.01. The average molecular weight is 261 g/mol. The fourth-order valence-electron chi connectivity index (χ4n) is 2.04. The second-order valence-electron chi connectivity index (χ2n) is 4.41. The van der Waals surface area contributed by atoms with E-state index in [9.17, 15) is 14.4 Å².